The van der Waals surface area contributed by atoms with E-state index in [9.17, 15) is 0 Å². The maximum atomic E-state index is 4.20. The van der Waals surface area contributed by atoms with Crippen LogP contribution in [0.15, 0.2) is 42.7 Å². The molecule has 0 atom stereocenters. The lowest BCUT2D eigenvalue weighted by molar-refractivity contribution is 0.858. The number of aromatic nitrogens is 2. The van der Waals surface area contributed by atoms with E-state index < -0.39 is 0 Å². The number of rotatable bonds is 7. The molecule has 4 heteroatoms. The SMILES string of the molecule is CCNc1cc(NCCCc2ccccc2)ncn1. The Balaban J connectivity index is 1.75. The minimum atomic E-state index is 0.864. The fourth-order valence-electron chi connectivity index (χ4n) is 1.89. The molecular weight excluding hydrogens is 236 g/mol. The molecule has 0 aliphatic rings. The zero-order chi connectivity index (χ0) is 13.3. The van der Waals surface area contributed by atoms with E-state index in [1.807, 2.05) is 12.1 Å². The van der Waals surface area contributed by atoms with E-state index in [0.29, 0.717) is 0 Å². The Hall–Kier alpha value is -2.10. The molecule has 0 unspecified atom stereocenters. The van der Waals surface area contributed by atoms with Gasteiger partial charge in [-0.3, -0.25) is 0 Å². The number of aryl methyl sites for hydroxylation is 1. The van der Waals surface area contributed by atoms with Crippen LogP contribution < -0.4 is 10.6 Å². The number of nitrogens with zero attached hydrogens (tertiary/aromatic N) is 2. The average molecular weight is 256 g/mol. The second-order valence-electron chi connectivity index (χ2n) is 4.33. The average Bonchev–Trinajstić information content (AvgIpc) is 2.46. The van der Waals surface area contributed by atoms with E-state index in [-0.39, 0.29) is 0 Å². The lowest BCUT2D eigenvalue weighted by atomic mass is 10.1. The van der Waals surface area contributed by atoms with Gasteiger partial charge in [0.2, 0.25) is 0 Å². The van der Waals surface area contributed by atoms with Crippen LogP contribution in [0, 0.1) is 0 Å². The maximum Gasteiger partial charge on any atom is 0.131 e. The molecule has 0 bridgehead atoms. The zero-order valence-electron chi connectivity index (χ0n) is 11.3. The molecule has 0 fully saturated rings. The number of nitrogens with one attached hydrogen (secondary N) is 2. The van der Waals surface area contributed by atoms with Gasteiger partial charge in [0.25, 0.3) is 0 Å². The number of benzene rings is 1. The zero-order valence-corrected chi connectivity index (χ0v) is 11.3. The Bertz CT molecular complexity index is 485. The first kappa shape index (κ1) is 13.3. The van der Waals surface area contributed by atoms with Crippen molar-refractivity contribution in [3.05, 3.63) is 48.3 Å². The third kappa shape index (κ3) is 4.58. The molecule has 1 heterocycles. The van der Waals surface area contributed by atoms with Gasteiger partial charge in [-0.2, -0.15) is 0 Å². The summed E-state index contributed by atoms with van der Waals surface area (Å²) in [7, 11) is 0. The second-order valence-corrected chi connectivity index (χ2v) is 4.33. The van der Waals surface area contributed by atoms with Crippen LogP contribution in [0.3, 0.4) is 0 Å². The van der Waals surface area contributed by atoms with E-state index in [4.69, 9.17) is 0 Å². The molecule has 0 saturated heterocycles. The summed E-state index contributed by atoms with van der Waals surface area (Å²) in [5.41, 5.74) is 1.38. The summed E-state index contributed by atoms with van der Waals surface area (Å²) in [5, 5.41) is 6.50. The highest BCUT2D eigenvalue weighted by molar-refractivity contribution is 5.46. The maximum absolute atomic E-state index is 4.20. The monoisotopic (exact) mass is 256 g/mol. The molecule has 1 aromatic heterocycles. The minimum Gasteiger partial charge on any atom is -0.370 e. The van der Waals surface area contributed by atoms with Gasteiger partial charge in [-0.15, -0.1) is 0 Å². The summed E-state index contributed by atoms with van der Waals surface area (Å²) in [4.78, 5) is 8.35. The largest absolute Gasteiger partial charge is 0.370 e. The molecular formula is C15H20N4. The highest BCUT2D eigenvalue weighted by atomic mass is 15.1. The van der Waals surface area contributed by atoms with Crippen LogP contribution in [-0.2, 0) is 6.42 Å². The van der Waals surface area contributed by atoms with Crippen molar-refractivity contribution in [1.29, 1.82) is 0 Å². The van der Waals surface area contributed by atoms with Crippen molar-refractivity contribution in [2.75, 3.05) is 23.7 Å². The molecule has 0 radical (unpaired) electrons. The van der Waals surface area contributed by atoms with E-state index in [1.54, 1.807) is 6.33 Å². The van der Waals surface area contributed by atoms with Crippen LogP contribution in [0.1, 0.15) is 18.9 Å². The summed E-state index contributed by atoms with van der Waals surface area (Å²) < 4.78 is 0. The summed E-state index contributed by atoms with van der Waals surface area (Å²) in [6, 6.07) is 12.5. The van der Waals surface area contributed by atoms with Gasteiger partial charge in [0.05, 0.1) is 0 Å². The van der Waals surface area contributed by atoms with Crippen molar-refractivity contribution in [1.82, 2.24) is 9.97 Å². The Morgan fingerprint density at radius 2 is 1.74 bits per heavy atom. The first-order valence-corrected chi connectivity index (χ1v) is 6.72. The van der Waals surface area contributed by atoms with Crippen molar-refractivity contribution >= 4 is 11.6 Å². The minimum absolute atomic E-state index is 0.864. The van der Waals surface area contributed by atoms with Crippen molar-refractivity contribution in [3.63, 3.8) is 0 Å². The summed E-state index contributed by atoms with van der Waals surface area (Å²) >= 11 is 0. The molecule has 0 aliphatic heterocycles. The van der Waals surface area contributed by atoms with Crippen molar-refractivity contribution in [2.24, 2.45) is 0 Å². The van der Waals surface area contributed by atoms with Crippen LogP contribution in [0.5, 0.6) is 0 Å². The van der Waals surface area contributed by atoms with Crippen LogP contribution in [0.4, 0.5) is 11.6 Å². The molecule has 1 aromatic carbocycles. The first-order valence-electron chi connectivity index (χ1n) is 6.72. The molecule has 0 saturated carbocycles. The van der Waals surface area contributed by atoms with Crippen LogP contribution in [0.2, 0.25) is 0 Å². The van der Waals surface area contributed by atoms with Gasteiger partial charge < -0.3 is 10.6 Å². The number of anilines is 2. The van der Waals surface area contributed by atoms with Crippen LogP contribution in [0.25, 0.3) is 0 Å². The van der Waals surface area contributed by atoms with Crippen molar-refractivity contribution < 1.29 is 0 Å². The topological polar surface area (TPSA) is 49.8 Å². The highest BCUT2D eigenvalue weighted by Gasteiger charge is 1.97. The van der Waals surface area contributed by atoms with Crippen molar-refractivity contribution in [2.45, 2.75) is 19.8 Å². The molecule has 2 N–H and O–H groups in total. The fraction of sp³-hybridized carbons (Fsp3) is 0.333. The number of hydrogen-bond donors (Lipinski definition) is 2. The normalized spacial score (nSPS) is 10.2. The predicted molar refractivity (Wildman–Crippen MR) is 79.4 cm³/mol. The first-order chi connectivity index (χ1) is 9.38. The van der Waals surface area contributed by atoms with Gasteiger partial charge in [-0.05, 0) is 25.3 Å². The summed E-state index contributed by atoms with van der Waals surface area (Å²) in [5.74, 6) is 1.74. The Morgan fingerprint density at radius 3 is 2.47 bits per heavy atom. The molecule has 2 aromatic rings. The molecule has 19 heavy (non-hydrogen) atoms. The van der Waals surface area contributed by atoms with E-state index in [2.05, 4.69) is 51.8 Å². The van der Waals surface area contributed by atoms with Crippen LogP contribution in [-0.4, -0.2) is 23.1 Å². The molecule has 2 rings (SSSR count). The molecule has 0 amide bonds. The van der Waals surface area contributed by atoms with Gasteiger partial charge >= 0.3 is 0 Å². The number of hydrogen-bond acceptors (Lipinski definition) is 4. The Morgan fingerprint density at radius 1 is 1.00 bits per heavy atom. The third-order valence-corrected chi connectivity index (χ3v) is 2.82. The van der Waals surface area contributed by atoms with Gasteiger partial charge in [0.1, 0.15) is 18.0 Å². The Labute approximate surface area is 114 Å². The molecule has 0 aliphatic carbocycles. The molecule has 0 spiro atoms. The lowest BCUT2D eigenvalue weighted by Gasteiger charge is -2.07. The quantitative estimate of drug-likeness (QED) is 0.748. The van der Waals surface area contributed by atoms with E-state index in [0.717, 1.165) is 37.6 Å². The smallest absolute Gasteiger partial charge is 0.131 e. The van der Waals surface area contributed by atoms with Crippen LogP contribution >= 0.6 is 0 Å². The van der Waals surface area contributed by atoms with Gasteiger partial charge in [-0.25, -0.2) is 9.97 Å². The summed E-state index contributed by atoms with van der Waals surface area (Å²) in [6.07, 6.45) is 3.75. The standard InChI is InChI=1S/C15H20N4/c1-2-16-14-11-15(19-12-18-14)17-10-6-9-13-7-4-3-5-8-13/h3-5,7-8,11-12H,2,6,9-10H2,1H3,(H2,16,17,18,19). The van der Waals surface area contributed by atoms with E-state index >= 15 is 0 Å². The predicted octanol–water partition coefficient (Wildman–Crippen LogP) is 2.95. The molecule has 100 valence electrons. The third-order valence-electron chi connectivity index (χ3n) is 2.82. The van der Waals surface area contributed by atoms with Gasteiger partial charge in [0, 0.05) is 19.2 Å². The summed E-state index contributed by atoms with van der Waals surface area (Å²) in [6.45, 7) is 3.83. The Kier molecular flexibility index (Phi) is 5.17. The lowest BCUT2D eigenvalue weighted by Crippen LogP contribution is -2.06. The van der Waals surface area contributed by atoms with Gasteiger partial charge in [-0.1, -0.05) is 30.3 Å². The second kappa shape index (κ2) is 7.36. The van der Waals surface area contributed by atoms with E-state index in [1.165, 1.54) is 5.56 Å². The molecule has 4 nitrogen and oxygen atoms in total. The van der Waals surface area contributed by atoms with Crippen molar-refractivity contribution in [3.8, 4) is 0 Å². The fourth-order valence-corrected chi connectivity index (χ4v) is 1.89. The highest BCUT2D eigenvalue weighted by Crippen LogP contribution is 2.08. The van der Waals surface area contributed by atoms with Gasteiger partial charge in [0.15, 0.2) is 0 Å².